The lowest BCUT2D eigenvalue weighted by atomic mass is 9.81. The molecule has 2 fully saturated rings. The molecule has 19 heavy (non-hydrogen) atoms. The van der Waals surface area contributed by atoms with Crippen LogP contribution in [0.25, 0.3) is 0 Å². The maximum absolute atomic E-state index is 12.1. The fourth-order valence-electron chi connectivity index (χ4n) is 2.94. The summed E-state index contributed by atoms with van der Waals surface area (Å²) >= 11 is 0. The number of fused-ring (bicyclic) bond motifs is 1. The van der Waals surface area contributed by atoms with Gasteiger partial charge in [0.25, 0.3) is 0 Å². The van der Waals surface area contributed by atoms with Crippen LogP contribution in [0.4, 0.5) is 0 Å². The first-order valence-electron chi connectivity index (χ1n) is 7.16. The molecule has 2 atom stereocenters. The molecule has 0 aromatic rings. The van der Waals surface area contributed by atoms with Crippen LogP contribution < -0.4 is 0 Å². The van der Waals surface area contributed by atoms with Gasteiger partial charge in [0.15, 0.2) is 0 Å². The van der Waals surface area contributed by atoms with Crippen LogP contribution in [0, 0.1) is 11.8 Å². The van der Waals surface area contributed by atoms with Crippen LogP contribution in [0.15, 0.2) is 0 Å². The van der Waals surface area contributed by atoms with Gasteiger partial charge in [-0.2, -0.15) is 0 Å². The molecule has 106 valence electrons. The second-order valence-corrected chi connectivity index (χ2v) is 5.30. The first kappa shape index (κ1) is 14.0. The van der Waals surface area contributed by atoms with E-state index in [0.717, 1.165) is 32.1 Å². The molecule has 1 saturated heterocycles. The molecule has 5 nitrogen and oxygen atoms in total. The lowest BCUT2D eigenvalue weighted by Gasteiger charge is -2.19. The highest BCUT2D eigenvalue weighted by Crippen LogP contribution is 2.37. The van der Waals surface area contributed by atoms with E-state index in [9.17, 15) is 14.4 Å². The SMILES string of the molecule is CCCOC(=O)CCN1C(=O)C2CCCCC2C1=O. The number of rotatable bonds is 5. The van der Waals surface area contributed by atoms with Gasteiger partial charge in [0.2, 0.25) is 11.8 Å². The van der Waals surface area contributed by atoms with E-state index in [0.29, 0.717) is 6.61 Å². The van der Waals surface area contributed by atoms with E-state index in [1.54, 1.807) is 0 Å². The molecule has 0 aromatic carbocycles. The highest BCUT2D eigenvalue weighted by molar-refractivity contribution is 6.05. The topological polar surface area (TPSA) is 63.7 Å². The molecule has 5 heteroatoms. The number of hydrogen-bond acceptors (Lipinski definition) is 4. The fraction of sp³-hybridized carbons (Fsp3) is 0.786. The zero-order valence-electron chi connectivity index (χ0n) is 11.4. The molecule has 1 aliphatic heterocycles. The van der Waals surface area contributed by atoms with Crippen LogP contribution >= 0.6 is 0 Å². The van der Waals surface area contributed by atoms with E-state index < -0.39 is 0 Å². The van der Waals surface area contributed by atoms with E-state index in [1.807, 2.05) is 6.92 Å². The average Bonchev–Trinajstić information content (AvgIpc) is 2.67. The lowest BCUT2D eigenvalue weighted by Crippen LogP contribution is -2.33. The number of hydrogen-bond donors (Lipinski definition) is 0. The van der Waals surface area contributed by atoms with Gasteiger partial charge in [-0.1, -0.05) is 19.8 Å². The second kappa shape index (κ2) is 6.17. The molecule has 2 unspecified atom stereocenters. The van der Waals surface area contributed by atoms with Gasteiger partial charge in [-0.25, -0.2) is 0 Å². The summed E-state index contributed by atoms with van der Waals surface area (Å²) in [6.07, 6.45) is 4.55. The molecule has 0 aromatic heterocycles. The number of ether oxygens (including phenoxy) is 1. The van der Waals surface area contributed by atoms with Crippen LogP contribution in [-0.4, -0.2) is 35.8 Å². The van der Waals surface area contributed by atoms with Gasteiger partial charge in [0.1, 0.15) is 0 Å². The Morgan fingerprint density at radius 3 is 2.32 bits per heavy atom. The van der Waals surface area contributed by atoms with Gasteiger partial charge in [0.05, 0.1) is 24.9 Å². The zero-order valence-corrected chi connectivity index (χ0v) is 11.4. The highest BCUT2D eigenvalue weighted by Gasteiger charge is 2.47. The predicted octanol–water partition coefficient (Wildman–Crippen LogP) is 1.50. The fourth-order valence-corrected chi connectivity index (χ4v) is 2.94. The first-order valence-corrected chi connectivity index (χ1v) is 7.16. The predicted molar refractivity (Wildman–Crippen MR) is 68.0 cm³/mol. The largest absolute Gasteiger partial charge is 0.466 e. The monoisotopic (exact) mass is 267 g/mol. The van der Waals surface area contributed by atoms with E-state index >= 15 is 0 Å². The van der Waals surface area contributed by atoms with Crippen molar-refractivity contribution in [3.63, 3.8) is 0 Å². The Bertz CT molecular complexity index is 356. The third-order valence-electron chi connectivity index (χ3n) is 3.94. The summed E-state index contributed by atoms with van der Waals surface area (Å²) < 4.78 is 4.95. The quantitative estimate of drug-likeness (QED) is 0.559. The number of amides is 2. The lowest BCUT2D eigenvalue weighted by molar-refractivity contribution is -0.145. The van der Waals surface area contributed by atoms with Crippen molar-refractivity contribution in [2.24, 2.45) is 11.8 Å². The minimum atomic E-state index is -0.336. The molecule has 0 spiro atoms. The second-order valence-electron chi connectivity index (χ2n) is 5.30. The molecule has 2 rings (SSSR count). The van der Waals surface area contributed by atoms with E-state index in [-0.39, 0.29) is 42.6 Å². The van der Waals surface area contributed by atoms with Crippen molar-refractivity contribution >= 4 is 17.8 Å². The average molecular weight is 267 g/mol. The maximum atomic E-state index is 12.1. The van der Waals surface area contributed by atoms with Crippen LogP contribution in [0.1, 0.15) is 45.4 Å². The van der Waals surface area contributed by atoms with E-state index in [1.165, 1.54) is 4.90 Å². The minimum Gasteiger partial charge on any atom is -0.466 e. The molecule has 1 saturated carbocycles. The summed E-state index contributed by atoms with van der Waals surface area (Å²) in [5, 5.41) is 0. The van der Waals surface area contributed by atoms with Crippen molar-refractivity contribution in [3.05, 3.63) is 0 Å². The minimum absolute atomic E-state index is 0.0852. The Labute approximate surface area is 113 Å². The molecular weight excluding hydrogens is 246 g/mol. The van der Waals surface area contributed by atoms with Gasteiger partial charge >= 0.3 is 5.97 Å². The zero-order chi connectivity index (χ0) is 13.8. The summed E-state index contributed by atoms with van der Waals surface area (Å²) in [4.78, 5) is 36.9. The number of carbonyl (C=O) groups is 3. The van der Waals surface area contributed by atoms with E-state index in [4.69, 9.17) is 4.74 Å². The number of nitrogens with zero attached hydrogens (tertiary/aromatic N) is 1. The smallest absolute Gasteiger partial charge is 0.307 e. The summed E-state index contributed by atoms with van der Waals surface area (Å²) in [5.74, 6) is -0.769. The summed E-state index contributed by atoms with van der Waals surface area (Å²) in [7, 11) is 0. The standard InChI is InChI=1S/C14H21NO4/c1-2-9-19-12(16)7-8-15-13(17)10-5-3-4-6-11(10)14(15)18/h10-11H,2-9H2,1H3. The van der Waals surface area contributed by atoms with Crippen molar-refractivity contribution in [3.8, 4) is 0 Å². The van der Waals surface area contributed by atoms with Gasteiger partial charge < -0.3 is 4.74 Å². The molecule has 0 N–H and O–H groups in total. The molecule has 2 amide bonds. The Morgan fingerprint density at radius 1 is 1.21 bits per heavy atom. The molecule has 1 heterocycles. The Morgan fingerprint density at radius 2 is 1.79 bits per heavy atom. The maximum Gasteiger partial charge on any atom is 0.307 e. The van der Waals surface area contributed by atoms with Crippen LogP contribution in [-0.2, 0) is 19.1 Å². The van der Waals surface area contributed by atoms with Crippen molar-refractivity contribution in [2.75, 3.05) is 13.2 Å². The molecule has 1 aliphatic carbocycles. The molecular formula is C14H21NO4. The number of likely N-dealkylation sites (tertiary alicyclic amines) is 1. The van der Waals surface area contributed by atoms with Gasteiger partial charge in [0, 0.05) is 6.54 Å². The molecule has 0 radical (unpaired) electrons. The summed E-state index contributed by atoms with van der Waals surface area (Å²) in [5.41, 5.74) is 0. The first-order chi connectivity index (χ1) is 9.15. The Kier molecular flexibility index (Phi) is 4.56. The molecule has 2 aliphatic rings. The van der Waals surface area contributed by atoms with Crippen molar-refractivity contribution in [1.82, 2.24) is 4.90 Å². The Hall–Kier alpha value is -1.39. The Balaban J connectivity index is 1.88. The normalized spacial score (nSPS) is 26.5. The number of esters is 1. The highest BCUT2D eigenvalue weighted by atomic mass is 16.5. The van der Waals surface area contributed by atoms with Gasteiger partial charge in [-0.05, 0) is 19.3 Å². The number of carbonyl (C=O) groups excluding carboxylic acids is 3. The third kappa shape index (κ3) is 2.96. The van der Waals surface area contributed by atoms with Gasteiger partial charge in [-0.3, -0.25) is 19.3 Å². The summed E-state index contributed by atoms with van der Waals surface area (Å²) in [6, 6.07) is 0. The van der Waals surface area contributed by atoms with Crippen LogP contribution in [0.2, 0.25) is 0 Å². The third-order valence-corrected chi connectivity index (χ3v) is 3.94. The number of imide groups is 1. The van der Waals surface area contributed by atoms with Crippen LogP contribution in [0.3, 0.4) is 0 Å². The molecule has 0 bridgehead atoms. The van der Waals surface area contributed by atoms with Crippen molar-refractivity contribution in [1.29, 1.82) is 0 Å². The van der Waals surface area contributed by atoms with Crippen molar-refractivity contribution in [2.45, 2.75) is 45.4 Å². The van der Waals surface area contributed by atoms with Crippen LogP contribution in [0.5, 0.6) is 0 Å². The van der Waals surface area contributed by atoms with Crippen molar-refractivity contribution < 1.29 is 19.1 Å². The van der Waals surface area contributed by atoms with E-state index in [2.05, 4.69) is 0 Å². The summed E-state index contributed by atoms with van der Waals surface area (Å²) in [6.45, 7) is 2.49. The van der Waals surface area contributed by atoms with Gasteiger partial charge in [-0.15, -0.1) is 0 Å².